The second-order valence-corrected chi connectivity index (χ2v) is 0.693. The van der Waals surface area contributed by atoms with Gasteiger partial charge >= 0.3 is 6.08 Å². The van der Waals surface area contributed by atoms with Crippen molar-refractivity contribution in [3.8, 4) is 0 Å². The first-order valence-electron chi connectivity index (χ1n) is 1.49. The summed E-state index contributed by atoms with van der Waals surface area (Å²) in [5.74, 6) is 0. The van der Waals surface area contributed by atoms with Crippen LogP contribution in [0.25, 0.3) is 0 Å². The molecule has 0 rings (SSSR count). The van der Waals surface area contributed by atoms with E-state index < -0.39 is 6.08 Å². The summed E-state index contributed by atoms with van der Waals surface area (Å²) in [6.45, 7) is 1.49. The van der Waals surface area contributed by atoms with Gasteiger partial charge in [-0.3, -0.25) is 9.41 Å². The van der Waals surface area contributed by atoms with Crippen molar-refractivity contribution >= 4 is 0 Å². The van der Waals surface area contributed by atoms with Gasteiger partial charge in [-0.05, 0) is 13.0 Å². The summed E-state index contributed by atoms with van der Waals surface area (Å²) >= 11 is 0. The van der Waals surface area contributed by atoms with Crippen molar-refractivity contribution in [3.63, 3.8) is 0 Å². The molecule has 0 aromatic heterocycles. The molecule has 0 saturated carbocycles. The Morgan fingerprint density at radius 2 is 1.75 bits per heavy atom. The Bertz CT molecular complexity index is 86.2. The van der Waals surface area contributed by atoms with Gasteiger partial charge in [-0.2, -0.15) is 8.78 Å². The molecule has 0 aromatic rings. The molecule has 0 spiro atoms. The van der Waals surface area contributed by atoms with E-state index in [0.29, 0.717) is 0 Å². The van der Waals surface area contributed by atoms with E-state index in [2.05, 4.69) is 0 Å². The van der Waals surface area contributed by atoms with Gasteiger partial charge in [0.25, 0.3) is 0 Å². The number of halogens is 4. The zero-order chi connectivity index (χ0) is 4.99. The van der Waals surface area contributed by atoms with Crippen molar-refractivity contribution in [1.82, 2.24) is 0 Å². The first-order valence-corrected chi connectivity index (χ1v) is 1.49. The van der Waals surface area contributed by atoms with Crippen LogP contribution in [0.5, 0.6) is 0 Å². The topological polar surface area (TPSA) is 0 Å². The van der Waals surface area contributed by atoms with Crippen LogP contribution in [0.1, 0.15) is 6.92 Å². The smallest absolute Gasteiger partial charge is 0.269 e. The van der Waals surface area contributed by atoms with E-state index >= 15 is 0 Å². The van der Waals surface area contributed by atoms with E-state index in [1.165, 1.54) is 6.92 Å². The molecule has 8 heavy (non-hydrogen) atoms. The van der Waals surface area contributed by atoms with Crippen molar-refractivity contribution in [2.75, 3.05) is 0 Å². The zero-order valence-electron chi connectivity index (χ0n) is 4.15. The molecular weight excluding hydrogens is 124 g/mol. The van der Waals surface area contributed by atoms with Gasteiger partial charge in [-0.15, -0.1) is 0 Å². The van der Waals surface area contributed by atoms with Crippen LogP contribution < -0.4 is 0 Å². The third-order valence-corrected chi connectivity index (χ3v) is 0.253. The van der Waals surface area contributed by atoms with Gasteiger partial charge in [0.1, 0.15) is 0 Å². The van der Waals surface area contributed by atoms with Gasteiger partial charge in [-0.25, -0.2) is 0 Å². The SMILES string of the molecule is CC=C=C(F)F.F.F. The van der Waals surface area contributed by atoms with Gasteiger partial charge in [-0.1, -0.05) is 5.73 Å². The van der Waals surface area contributed by atoms with Gasteiger partial charge in [0.2, 0.25) is 0 Å². The Kier molecular flexibility index (Phi) is 18.7. The summed E-state index contributed by atoms with van der Waals surface area (Å²) in [5.41, 5.74) is 1.67. The highest BCUT2D eigenvalue weighted by molar-refractivity contribution is 4.79. The molecular formula is C4H6F4. The fourth-order valence-electron chi connectivity index (χ4n) is 0.109. The van der Waals surface area contributed by atoms with E-state index in [9.17, 15) is 8.78 Å². The molecule has 0 radical (unpaired) electrons. The maximum absolute atomic E-state index is 10.8. The second kappa shape index (κ2) is 9.53. The van der Waals surface area contributed by atoms with Crippen LogP contribution in [0, 0.1) is 0 Å². The Hall–Kier alpha value is -0.760. The van der Waals surface area contributed by atoms with Crippen LogP contribution in [-0.4, -0.2) is 0 Å². The summed E-state index contributed by atoms with van der Waals surface area (Å²) in [4.78, 5) is 0. The lowest BCUT2D eigenvalue weighted by atomic mass is 10.7. The van der Waals surface area contributed by atoms with Crippen LogP contribution in [0.3, 0.4) is 0 Å². The molecule has 0 bridgehead atoms. The van der Waals surface area contributed by atoms with Gasteiger partial charge in [0.05, 0.1) is 0 Å². The van der Waals surface area contributed by atoms with Crippen LogP contribution in [0.2, 0.25) is 0 Å². The van der Waals surface area contributed by atoms with Crippen LogP contribution in [0.15, 0.2) is 17.9 Å². The molecule has 0 atom stereocenters. The van der Waals surface area contributed by atoms with Gasteiger partial charge in [0.15, 0.2) is 0 Å². The molecule has 0 amide bonds. The lowest BCUT2D eigenvalue weighted by Gasteiger charge is -1.59. The van der Waals surface area contributed by atoms with Crippen molar-refractivity contribution in [2.24, 2.45) is 0 Å². The average Bonchev–Trinajstić information content (AvgIpc) is 1.35. The largest absolute Gasteiger partial charge is 0.312 e. The number of hydrogen-bond donors (Lipinski definition) is 0. The summed E-state index contributed by atoms with van der Waals surface area (Å²) in [7, 11) is 0. The Labute approximate surface area is 44.2 Å². The Morgan fingerprint density at radius 3 is 1.75 bits per heavy atom. The van der Waals surface area contributed by atoms with Crippen molar-refractivity contribution in [1.29, 1.82) is 0 Å². The Balaban J connectivity index is -0.000000125. The predicted octanol–water partition coefficient (Wildman–Crippen LogP) is 2.25. The number of hydrogen-bond acceptors (Lipinski definition) is 0. The van der Waals surface area contributed by atoms with Crippen molar-refractivity contribution < 1.29 is 18.2 Å². The lowest BCUT2D eigenvalue weighted by Crippen LogP contribution is -1.42. The van der Waals surface area contributed by atoms with Crippen molar-refractivity contribution in [2.45, 2.75) is 6.92 Å². The molecule has 0 saturated heterocycles. The van der Waals surface area contributed by atoms with E-state index in [4.69, 9.17) is 0 Å². The minimum Gasteiger partial charge on any atom is -0.269 e. The quantitative estimate of drug-likeness (QED) is 0.348. The molecule has 0 nitrogen and oxygen atoms in total. The van der Waals surface area contributed by atoms with E-state index in [1.807, 2.05) is 0 Å². The molecule has 0 heterocycles. The highest BCUT2D eigenvalue weighted by Gasteiger charge is 1.73. The molecule has 4 heteroatoms. The molecule has 0 unspecified atom stereocenters. The summed E-state index contributed by atoms with van der Waals surface area (Å²) in [6.07, 6.45) is -0.604. The molecule has 0 aliphatic carbocycles. The highest BCUT2D eigenvalue weighted by Crippen LogP contribution is 1.90. The zero-order valence-corrected chi connectivity index (χ0v) is 4.15. The second-order valence-electron chi connectivity index (χ2n) is 0.693. The van der Waals surface area contributed by atoms with E-state index in [1.54, 1.807) is 5.73 Å². The van der Waals surface area contributed by atoms with Crippen molar-refractivity contribution in [3.05, 3.63) is 17.9 Å². The maximum atomic E-state index is 10.8. The third kappa shape index (κ3) is 18.8. The monoisotopic (exact) mass is 130 g/mol. The number of rotatable bonds is 0. The summed E-state index contributed by atoms with van der Waals surface area (Å²) < 4.78 is 21.6. The number of allylic oxidation sites excluding steroid dienone is 1. The summed E-state index contributed by atoms with van der Waals surface area (Å²) in [5, 5.41) is 0. The first kappa shape index (κ1) is 15.7. The molecule has 0 fully saturated rings. The van der Waals surface area contributed by atoms with Gasteiger partial charge < -0.3 is 0 Å². The van der Waals surface area contributed by atoms with Crippen LogP contribution in [-0.2, 0) is 0 Å². The standard InChI is InChI=1S/C4H4F2.2FH/c1-2-3-4(5)6;;/h2H,1H3;2*1H. The highest BCUT2D eigenvalue weighted by atomic mass is 19.3. The fourth-order valence-corrected chi connectivity index (χ4v) is 0.109. The normalized spacial score (nSPS) is 4.88. The minimum atomic E-state index is -1.77. The summed E-state index contributed by atoms with van der Waals surface area (Å²) in [6, 6.07) is 0. The molecule has 50 valence electrons. The Morgan fingerprint density at radius 1 is 1.38 bits per heavy atom. The fraction of sp³-hybridized carbons (Fsp3) is 0.250. The van der Waals surface area contributed by atoms with E-state index in [0.717, 1.165) is 6.08 Å². The predicted molar refractivity (Wildman–Crippen MR) is 24.5 cm³/mol. The van der Waals surface area contributed by atoms with Gasteiger partial charge in [0, 0.05) is 0 Å². The van der Waals surface area contributed by atoms with E-state index in [-0.39, 0.29) is 9.41 Å². The maximum Gasteiger partial charge on any atom is 0.312 e. The lowest BCUT2D eigenvalue weighted by molar-refractivity contribution is 0.424. The third-order valence-electron chi connectivity index (χ3n) is 0.253. The molecule has 0 aliphatic heterocycles. The van der Waals surface area contributed by atoms with Crippen LogP contribution >= 0.6 is 0 Å². The first-order chi connectivity index (χ1) is 2.77. The molecule has 0 aromatic carbocycles. The molecule has 0 N–H and O–H groups in total. The average molecular weight is 130 g/mol. The molecule has 0 aliphatic rings. The van der Waals surface area contributed by atoms with Crippen LogP contribution in [0.4, 0.5) is 18.2 Å². The minimum absolute atomic E-state index is 0.